The van der Waals surface area contributed by atoms with Crippen molar-refractivity contribution in [2.75, 3.05) is 32.5 Å². The average molecular weight is 486 g/mol. The first-order valence-corrected chi connectivity index (χ1v) is 9.89. The van der Waals surface area contributed by atoms with Crippen LogP contribution in [0.15, 0.2) is 4.99 Å². The number of carbonyl (C=O) groups is 1. The molecule has 0 spiro atoms. The van der Waals surface area contributed by atoms with Gasteiger partial charge in [-0.2, -0.15) is 11.8 Å². The lowest BCUT2D eigenvalue weighted by Crippen LogP contribution is -2.49. The fourth-order valence-corrected chi connectivity index (χ4v) is 4.03. The number of carbonyl (C=O) groups excluding carboxylic acids is 1. The summed E-state index contributed by atoms with van der Waals surface area (Å²) in [5.41, 5.74) is 0. The van der Waals surface area contributed by atoms with Gasteiger partial charge in [0.15, 0.2) is 5.96 Å². The van der Waals surface area contributed by atoms with Crippen molar-refractivity contribution in [1.82, 2.24) is 16.0 Å². The van der Waals surface area contributed by atoms with Gasteiger partial charge in [0.2, 0.25) is 0 Å². The molecule has 3 N–H and O–H groups in total. The van der Waals surface area contributed by atoms with Gasteiger partial charge in [0, 0.05) is 30.9 Å². The van der Waals surface area contributed by atoms with Gasteiger partial charge >= 0.3 is 6.09 Å². The highest BCUT2D eigenvalue weighted by Gasteiger charge is 2.29. The molecule has 1 saturated heterocycles. The van der Waals surface area contributed by atoms with Crippen LogP contribution >= 0.6 is 35.7 Å². The Labute approximate surface area is 174 Å². The zero-order valence-corrected chi connectivity index (χ0v) is 19.3. The van der Waals surface area contributed by atoms with Crippen LogP contribution in [0.2, 0.25) is 0 Å². The molecule has 0 radical (unpaired) electrons. The van der Waals surface area contributed by atoms with Gasteiger partial charge in [0.1, 0.15) is 0 Å². The van der Waals surface area contributed by atoms with Crippen molar-refractivity contribution in [2.45, 2.75) is 57.7 Å². The summed E-state index contributed by atoms with van der Waals surface area (Å²) in [5.74, 6) is 2.51. The Morgan fingerprint density at radius 2 is 2.08 bits per heavy atom. The van der Waals surface area contributed by atoms with Gasteiger partial charge in [0.05, 0.1) is 6.61 Å². The molecule has 6 nitrogen and oxygen atoms in total. The van der Waals surface area contributed by atoms with E-state index in [4.69, 9.17) is 4.74 Å². The van der Waals surface area contributed by atoms with E-state index in [0.717, 1.165) is 18.9 Å². The molecule has 0 aromatic heterocycles. The molecule has 1 heterocycles. The average Bonchev–Trinajstić information content (AvgIpc) is 2.94. The summed E-state index contributed by atoms with van der Waals surface area (Å²) in [4.78, 5) is 16.0. The zero-order valence-electron chi connectivity index (χ0n) is 16.2. The van der Waals surface area contributed by atoms with Crippen LogP contribution in [0.4, 0.5) is 4.79 Å². The number of amides is 1. The number of nitrogens with zero attached hydrogens (tertiary/aromatic N) is 1. The van der Waals surface area contributed by atoms with Gasteiger partial charge in [-0.05, 0) is 44.8 Å². The maximum absolute atomic E-state index is 11.7. The Morgan fingerprint density at radius 1 is 1.36 bits per heavy atom. The first kappa shape index (κ1) is 24.6. The van der Waals surface area contributed by atoms with E-state index in [1.165, 1.54) is 18.6 Å². The van der Waals surface area contributed by atoms with E-state index in [2.05, 4.69) is 41.7 Å². The fraction of sp³-hybridized carbons (Fsp3) is 0.882. The molecular weight excluding hydrogens is 451 g/mol. The van der Waals surface area contributed by atoms with Crippen LogP contribution in [0.3, 0.4) is 0 Å². The third kappa shape index (κ3) is 10.4. The Kier molecular flexibility index (Phi) is 12.7. The van der Waals surface area contributed by atoms with E-state index in [1.807, 2.05) is 18.7 Å². The van der Waals surface area contributed by atoms with Gasteiger partial charge in [-0.15, -0.1) is 24.0 Å². The molecule has 0 aliphatic carbocycles. The molecule has 0 bridgehead atoms. The van der Waals surface area contributed by atoms with Crippen molar-refractivity contribution in [3.05, 3.63) is 0 Å². The van der Waals surface area contributed by atoms with Crippen LogP contribution in [0.25, 0.3) is 0 Å². The molecule has 0 saturated carbocycles. The molecule has 0 aromatic rings. The lowest BCUT2D eigenvalue weighted by molar-refractivity contribution is 0.146. The summed E-state index contributed by atoms with van der Waals surface area (Å²) in [5, 5.41) is 9.66. The zero-order chi connectivity index (χ0) is 18.0. The highest BCUT2D eigenvalue weighted by molar-refractivity contribution is 14.0. The lowest BCUT2D eigenvalue weighted by Gasteiger charge is -2.26. The second-order valence-corrected chi connectivity index (χ2v) is 8.58. The van der Waals surface area contributed by atoms with E-state index in [0.29, 0.717) is 19.1 Å². The molecule has 1 aliphatic heterocycles. The van der Waals surface area contributed by atoms with Crippen LogP contribution in [-0.2, 0) is 4.74 Å². The van der Waals surface area contributed by atoms with Crippen molar-refractivity contribution in [2.24, 2.45) is 10.9 Å². The van der Waals surface area contributed by atoms with Crippen LogP contribution in [0, 0.1) is 5.92 Å². The summed E-state index contributed by atoms with van der Waals surface area (Å²) in [6, 6.07) is 0.0130. The molecule has 2 unspecified atom stereocenters. The quantitative estimate of drug-likeness (QED) is 0.279. The number of hydrogen-bond donors (Lipinski definition) is 3. The van der Waals surface area contributed by atoms with Gasteiger partial charge < -0.3 is 20.7 Å². The van der Waals surface area contributed by atoms with E-state index in [-0.39, 0.29) is 40.9 Å². The topological polar surface area (TPSA) is 74.8 Å². The Balaban J connectivity index is 0.00000576. The van der Waals surface area contributed by atoms with E-state index < -0.39 is 0 Å². The van der Waals surface area contributed by atoms with Crippen LogP contribution in [-0.4, -0.2) is 55.3 Å². The molecule has 8 heteroatoms. The summed E-state index contributed by atoms with van der Waals surface area (Å²) in [6.45, 7) is 10.3. The number of nitrogens with one attached hydrogen (secondary N) is 3. The number of thioether (sulfide) groups is 1. The lowest BCUT2D eigenvalue weighted by atomic mass is 10.0. The van der Waals surface area contributed by atoms with E-state index in [1.54, 1.807) is 7.05 Å². The monoisotopic (exact) mass is 486 g/mol. The number of rotatable bonds is 8. The number of alkyl carbamates (subject to hydrolysis) is 1. The predicted molar refractivity (Wildman–Crippen MR) is 118 cm³/mol. The number of hydrogen-bond acceptors (Lipinski definition) is 4. The van der Waals surface area contributed by atoms with Crippen molar-refractivity contribution >= 4 is 47.8 Å². The number of guanidine groups is 1. The number of ether oxygens (including phenoxy) is 1. The predicted octanol–water partition coefficient (Wildman–Crippen LogP) is 3.22. The summed E-state index contributed by atoms with van der Waals surface area (Å²) in [7, 11) is 1.77. The van der Waals surface area contributed by atoms with Crippen molar-refractivity contribution < 1.29 is 9.53 Å². The molecule has 2 atom stereocenters. The maximum atomic E-state index is 11.7. The highest BCUT2D eigenvalue weighted by atomic mass is 127. The highest BCUT2D eigenvalue weighted by Crippen LogP contribution is 2.36. The van der Waals surface area contributed by atoms with E-state index >= 15 is 0 Å². The molecule has 1 aliphatic rings. The first-order valence-electron chi connectivity index (χ1n) is 8.90. The van der Waals surface area contributed by atoms with Crippen LogP contribution in [0.1, 0.15) is 47.0 Å². The Bertz CT molecular complexity index is 415. The molecule has 25 heavy (non-hydrogen) atoms. The summed E-state index contributed by atoms with van der Waals surface area (Å²) < 4.78 is 5.28. The third-order valence-corrected chi connectivity index (χ3v) is 5.56. The number of aliphatic imine (C=N–C) groups is 1. The number of halogens is 1. The van der Waals surface area contributed by atoms with Crippen molar-refractivity contribution in [3.63, 3.8) is 0 Å². The minimum Gasteiger partial charge on any atom is -0.450 e. The molecule has 1 amide bonds. The van der Waals surface area contributed by atoms with Gasteiger partial charge in [-0.3, -0.25) is 4.99 Å². The minimum absolute atomic E-state index is 0. The standard InChI is InChI=1S/C17H34N4O2S.HI/c1-6-23-16(22)21-14(10-13(2)3)11-19-15(18-5)20-12-17(4)8-7-9-24-17;/h13-14H,6-12H2,1-5H3,(H,21,22)(H2,18,19,20);1H. The molecular formula is C17H35IN4O2S. The van der Waals surface area contributed by atoms with Gasteiger partial charge in [-0.1, -0.05) is 13.8 Å². The van der Waals surface area contributed by atoms with Crippen molar-refractivity contribution in [3.8, 4) is 0 Å². The summed E-state index contributed by atoms with van der Waals surface area (Å²) in [6.07, 6.45) is 3.05. The normalized spacial score (nSPS) is 21.4. The third-order valence-electron chi connectivity index (χ3n) is 4.02. The van der Waals surface area contributed by atoms with Gasteiger partial charge in [0.25, 0.3) is 0 Å². The fourth-order valence-electron chi connectivity index (χ4n) is 2.79. The second-order valence-electron chi connectivity index (χ2n) is 6.90. The molecule has 148 valence electrons. The van der Waals surface area contributed by atoms with Crippen molar-refractivity contribution in [1.29, 1.82) is 0 Å². The smallest absolute Gasteiger partial charge is 0.407 e. The Morgan fingerprint density at radius 3 is 2.60 bits per heavy atom. The Hall–Kier alpha value is -0.380. The first-order chi connectivity index (χ1) is 11.4. The molecule has 1 fully saturated rings. The second kappa shape index (κ2) is 12.9. The van der Waals surface area contributed by atoms with Gasteiger partial charge in [-0.25, -0.2) is 4.79 Å². The minimum atomic E-state index is -0.359. The van der Waals surface area contributed by atoms with Crippen LogP contribution < -0.4 is 16.0 Å². The van der Waals surface area contributed by atoms with Crippen LogP contribution in [0.5, 0.6) is 0 Å². The maximum Gasteiger partial charge on any atom is 0.407 e. The SMILES string of the molecule is CCOC(=O)NC(CNC(=NC)NCC1(C)CCCS1)CC(C)C.I. The largest absolute Gasteiger partial charge is 0.450 e. The molecule has 1 rings (SSSR count). The van der Waals surface area contributed by atoms with E-state index in [9.17, 15) is 4.79 Å². The molecule has 0 aromatic carbocycles. The summed E-state index contributed by atoms with van der Waals surface area (Å²) >= 11 is 2.03.